The maximum Gasteiger partial charge on any atom is 0.295 e. The highest BCUT2D eigenvalue weighted by Gasteiger charge is 2.46. The molecule has 210 valence electrons. The van der Waals surface area contributed by atoms with Gasteiger partial charge in [-0.3, -0.25) is 9.59 Å². The Hall–Kier alpha value is -3.72. The highest BCUT2D eigenvalue weighted by Crippen LogP contribution is 2.43. The Morgan fingerprint density at radius 1 is 1.03 bits per heavy atom. The van der Waals surface area contributed by atoms with E-state index in [9.17, 15) is 14.7 Å². The third-order valence-electron chi connectivity index (χ3n) is 6.64. The van der Waals surface area contributed by atoms with Gasteiger partial charge in [0, 0.05) is 25.8 Å². The Morgan fingerprint density at radius 2 is 1.79 bits per heavy atom. The molecule has 0 radical (unpaired) electrons. The molecule has 1 N–H and O–H groups in total. The maximum atomic E-state index is 13.4. The number of rotatable bonds is 12. The van der Waals surface area contributed by atoms with E-state index in [1.165, 1.54) is 4.90 Å². The maximum absolute atomic E-state index is 13.4. The van der Waals surface area contributed by atoms with E-state index in [2.05, 4.69) is 13.8 Å². The van der Waals surface area contributed by atoms with Crippen LogP contribution >= 0.6 is 0 Å². The van der Waals surface area contributed by atoms with E-state index < -0.39 is 17.7 Å². The summed E-state index contributed by atoms with van der Waals surface area (Å²) < 4.78 is 28.3. The van der Waals surface area contributed by atoms with Crippen LogP contribution in [0.25, 0.3) is 5.76 Å². The molecule has 0 bridgehead atoms. The Balaban J connectivity index is 1.77. The molecule has 9 heteroatoms. The SMILES string of the molecule is CCOc1cc(C2/C(=C(/O)c3ccc4c(c3)OCCO4)C(=O)C(=O)N2CCCOC)ccc1OCCC(C)C. The quantitative estimate of drug-likeness (QED) is 0.179. The Labute approximate surface area is 229 Å². The number of aliphatic hydroxyl groups excluding tert-OH is 1. The van der Waals surface area contributed by atoms with Gasteiger partial charge in [0.1, 0.15) is 19.0 Å². The fourth-order valence-corrected chi connectivity index (χ4v) is 4.67. The van der Waals surface area contributed by atoms with Gasteiger partial charge in [0.05, 0.1) is 24.8 Å². The van der Waals surface area contributed by atoms with Crippen molar-refractivity contribution in [1.29, 1.82) is 0 Å². The normalized spacial score (nSPS) is 18.1. The van der Waals surface area contributed by atoms with Gasteiger partial charge in [0.15, 0.2) is 23.0 Å². The summed E-state index contributed by atoms with van der Waals surface area (Å²) >= 11 is 0. The van der Waals surface area contributed by atoms with Crippen molar-refractivity contribution in [3.63, 3.8) is 0 Å². The van der Waals surface area contributed by atoms with Crippen molar-refractivity contribution >= 4 is 17.4 Å². The van der Waals surface area contributed by atoms with Gasteiger partial charge in [0.2, 0.25) is 0 Å². The van der Waals surface area contributed by atoms with Crippen molar-refractivity contribution in [3.05, 3.63) is 53.1 Å². The van der Waals surface area contributed by atoms with Crippen LogP contribution in [0.1, 0.15) is 50.8 Å². The summed E-state index contributed by atoms with van der Waals surface area (Å²) in [7, 11) is 1.58. The van der Waals surface area contributed by atoms with Crippen LogP contribution in [-0.2, 0) is 14.3 Å². The molecule has 2 aliphatic heterocycles. The number of fused-ring (bicyclic) bond motifs is 1. The summed E-state index contributed by atoms with van der Waals surface area (Å²) in [5.74, 6) is 0.920. The Bertz CT molecular complexity index is 1220. The van der Waals surface area contributed by atoms with Gasteiger partial charge in [-0.2, -0.15) is 0 Å². The number of ether oxygens (including phenoxy) is 5. The molecule has 9 nitrogen and oxygen atoms in total. The molecule has 1 amide bonds. The molecule has 2 heterocycles. The van der Waals surface area contributed by atoms with Gasteiger partial charge >= 0.3 is 0 Å². The van der Waals surface area contributed by atoms with Crippen LogP contribution in [0.2, 0.25) is 0 Å². The second-order valence-electron chi connectivity index (χ2n) is 9.87. The second-order valence-corrected chi connectivity index (χ2v) is 9.87. The highest BCUT2D eigenvalue weighted by molar-refractivity contribution is 6.46. The molecule has 1 saturated heterocycles. The van der Waals surface area contributed by atoms with Crippen LogP contribution in [0.4, 0.5) is 0 Å². The predicted octanol–water partition coefficient (Wildman–Crippen LogP) is 4.74. The molecule has 2 aliphatic rings. The topological polar surface area (TPSA) is 104 Å². The minimum atomic E-state index is -0.820. The van der Waals surface area contributed by atoms with E-state index in [0.717, 1.165) is 6.42 Å². The molecule has 0 spiro atoms. The van der Waals surface area contributed by atoms with Gasteiger partial charge in [0.25, 0.3) is 11.7 Å². The van der Waals surface area contributed by atoms with Crippen LogP contribution < -0.4 is 18.9 Å². The van der Waals surface area contributed by atoms with E-state index in [0.29, 0.717) is 79.5 Å². The lowest BCUT2D eigenvalue weighted by Gasteiger charge is -2.26. The molecule has 0 saturated carbocycles. The third-order valence-corrected chi connectivity index (χ3v) is 6.64. The molecule has 2 aromatic rings. The Kier molecular flexibility index (Phi) is 9.35. The standard InChI is InChI=1S/C30H37NO8/c1-5-36-24-17-20(7-9-22(24)37-14-11-19(2)3)27-26(29(33)30(34)31(27)12-6-13-35-4)28(32)21-8-10-23-25(18-21)39-16-15-38-23/h7-10,17-19,27,32H,5-6,11-16H2,1-4H3/b28-26-. The van der Waals surface area contributed by atoms with E-state index in [4.69, 9.17) is 23.7 Å². The fraction of sp³-hybridized carbons (Fsp3) is 0.467. The van der Waals surface area contributed by atoms with Gasteiger partial charge in [-0.25, -0.2) is 0 Å². The summed E-state index contributed by atoms with van der Waals surface area (Å²) in [6.45, 7) is 8.60. The summed E-state index contributed by atoms with van der Waals surface area (Å²) in [5.41, 5.74) is 0.994. The van der Waals surface area contributed by atoms with Crippen LogP contribution in [0.5, 0.6) is 23.0 Å². The first-order chi connectivity index (χ1) is 18.8. The average Bonchev–Trinajstić information content (AvgIpc) is 3.18. The van der Waals surface area contributed by atoms with Crippen LogP contribution in [0.15, 0.2) is 42.0 Å². The minimum absolute atomic E-state index is 0.00465. The molecule has 2 aromatic carbocycles. The summed E-state index contributed by atoms with van der Waals surface area (Å²) in [6.07, 6.45) is 1.42. The number of amides is 1. The molecular weight excluding hydrogens is 502 g/mol. The first kappa shape index (κ1) is 28.3. The first-order valence-electron chi connectivity index (χ1n) is 13.4. The van der Waals surface area contributed by atoms with Gasteiger partial charge in [-0.05, 0) is 61.6 Å². The van der Waals surface area contributed by atoms with E-state index in [1.54, 1.807) is 37.4 Å². The average molecular weight is 540 g/mol. The Morgan fingerprint density at radius 3 is 2.51 bits per heavy atom. The van der Waals surface area contributed by atoms with Gasteiger partial charge in [-0.15, -0.1) is 0 Å². The fourth-order valence-electron chi connectivity index (χ4n) is 4.67. The summed E-state index contributed by atoms with van der Waals surface area (Å²) in [6, 6.07) is 9.52. The first-order valence-corrected chi connectivity index (χ1v) is 13.4. The zero-order valence-corrected chi connectivity index (χ0v) is 23.0. The van der Waals surface area contributed by atoms with Crippen LogP contribution in [-0.4, -0.2) is 68.4 Å². The number of aliphatic hydroxyl groups is 1. The van der Waals surface area contributed by atoms with Crippen LogP contribution in [0.3, 0.4) is 0 Å². The molecule has 0 aromatic heterocycles. The lowest BCUT2D eigenvalue weighted by Crippen LogP contribution is -2.31. The van der Waals surface area contributed by atoms with Crippen LogP contribution in [0, 0.1) is 5.92 Å². The summed E-state index contributed by atoms with van der Waals surface area (Å²) in [4.78, 5) is 28.1. The molecule has 0 aliphatic carbocycles. The van der Waals surface area contributed by atoms with Crippen molar-refractivity contribution in [2.24, 2.45) is 5.92 Å². The van der Waals surface area contributed by atoms with E-state index in [-0.39, 0.29) is 17.9 Å². The molecule has 1 fully saturated rings. The van der Waals surface area contributed by atoms with E-state index in [1.807, 2.05) is 13.0 Å². The van der Waals surface area contributed by atoms with Crippen molar-refractivity contribution in [2.45, 2.75) is 39.7 Å². The number of carbonyl (C=O) groups is 2. The number of methoxy groups -OCH3 is 1. The number of hydrogen-bond donors (Lipinski definition) is 1. The van der Waals surface area contributed by atoms with Crippen molar-refractivity contribution in [3.8, 4) is 23.0 Å². The number of carbonyl (C=O) groups excluding carboxylic acids is 2. The molecule has 1 unspecified atom stereocenters. The molecule has 1 atom stereocenters. The van der Waals surface area contributed by atoms with Gasteiger partial charge < -0.3 is 33.7 Å². The van der Waals surface area contributed by atoms with Crippen molar-refractivity contribution in [1.82, 2.24) is 4.90 Å². The third kappa shape index (κ3) is 6.30. The number of likely N-dealkylation sites (tertiary alicyclic amines) is 1. The number of benzene rings is 2. The zero-order valence-electron chi connectivity index (χ0n) is 23.0. The monoisotopic (exact) mass is 539 g/mol. The number of nitrogens with zero attached hydrogens (tertiary/aromatic N) is 1. The van der Waals surface area contributed by atoms with Gasteiger partial charge in [-0.1, -0.05) is 19.9 Å². The van der Waals surface area contributed by atoms with Crippen molar-refractivity contribution < 1.29 is 38.4 Å². The molecule has 4 rings (SSSR count). The number of ketones is 1. The highest BCUT2D eigenvalue weighted by atomic mass is 16.6. The smallest absolute Gasteiger partial charge is 0.295 e. The van der Waals surface area contributed by atoms with Crippen molar-refractivity contribution in [2.75, 3.05) is 46.7 Å². The lowest BCUT2D eigenvalue weighted by atomic mass is 9.94. The predicted molar refractivity (Wildman–Crippen MR) is 145 cm³/mol. The molecule has 39 heavy (non-hydrogen) atoms. The number of Topliss-reactive ketones (excluding diaryl/α,β-unsaturated/α-hetero) is 1. The summed E-state index contributed by atoms with van der Waals surface area (Å²) in [5, 5.41) is 11.4. The largest absolute Gasteiger partial charge is 0.507 e. The number of hydrogen-bond acceptors (Lipinski definition) is 8. The zero-order chi connectivity index (χ0) is 27.9. The second kappa shape index (κ2) is 12.9. The molecular formula is C30H37NO8. The lowest BCUT2D eigenvalue weighted by molar-refractivity contribution is -0.140. The minimum Gasteiger partial charge on any atom is -0.507 e. The van der Waals surface area contributed by atoms with E-state index >= 15 is 0 Å².